The van der Waals surface area contributed by atoms with Crippen LogP contribution in [0.1, 0.15) is 47.0 Å². The van der Waals surface area contributed by atoms with Gasteiger partial charge in [-0.1, -0.05) is 33.6 Å². The number of rotatable bonds is 6. The van der Waals surface area contributed by atoms with Gasteiger partial charge in [-0.25, -0.2) is 0 Å². The highest BCUT2D eigenvalue weighted by Gasteiger charge is 2.27. The molecule has 3 N–H and O–H groups in total. The lowest BCUT2D eigenvalue weighted by molar-refractivity contribution is 0.0495. The lowest BCUT2D eigenvalue weighted by atomic mass is 9.79. The largest absolute Gasteiger partial charge is 0.393 e. The zero-order valence-corrected chi connectivity index (χ0v) is 9.51. The third-order valence-corrected chi connectivity index (χ3v) is 3.00. The monoisotopic (exact) mass is 187 g/mol. The molecule has 0 saturated heterocycles. The van der Waals surface area contributed by atoms with Gasteiger partial charge in [-0.3, -0.25) is 0 Å². The summed E-state index contributed by atoms with van der Waals surface area (Å²) in [4.78, 5) is 0. The van der Waals surface area contributed by atoms with Crippen molar-refractivity contribution in [3.8, 4) is 0 Å². The molecular formula is C11H25NO. The van der Waals surface area contributed by atoms with E-state index in [1.54, 1.807) is 0 Å². The van der Waals surface area contributed by atoms with Crippen molar-refractivity contribution in [2.45, 2.75) is 53.1 Å². The fraction of sp³-hybridized carbons (Fsp3) is 1.00. The van der Waals surface area contributed by atoms with E-state index in [-0.39, 0.29) is 11.5 Å². The van der Waals surface area contributed by atoms with Gasteiger partial charge in [0.05, 0.1) is 6.10 Å². The molecule has 2 atom stereocenters. The molecule has 0 aliphatic heterocycles. The number of hydrogen-bond acceptors (Lipinski definition) is 2. The first kappa shape index (κ1) is 12.9. The summed E-state index contributed by atoms with van der Waals surface area (Å²) in [6.45, 7) is 8.92. The van der Waals surface area contributed by atoms with Crippen LogP contribution < -0.4 is 5.73 Å². The molecular weight excluding hydrogens is 162 g/mol. The van der Waals surface area contributed by atoms with Crippen molar-refractivity contribution >= 4 is 0 Å². The topological polar surface area (TPSA) is 46.2 Å². The molecule has 0 amide bonds. The average molecular weight is 187 g/mol. The van der Waals surface area contributed by atoms with Gasteiger partial charge in [0.2, 0.25) is 0 Å². The smallest absolute Gasteiger partial charge is 0.0577 e. The molecule has 0 radical (unpaired) electrons. The lowest BCUT2D eigenvalue weighted by Gasteiger charge is -2.31. The van der Waals surface area contributed by atoms with E-state index in [1.807, 2.05) is 6.92 Å². The molecule has 0 aliphatic carbocycles. The number of hydrogen-bond donors (Lipinski definition) is 2. The molecule has 0 aromatic rings. The van der Waals surface area contributed by atoms with Gasteiger partial charge in [0.25, 0.3) is 0 Å². The molecule has 2 nitrogen and oxygen atoms in total. The molecule has 0 rings (SSSR count). The highest BCUT2D eigenvalue weighted by molar-refractivity contribution is 4.80. The van der Waals surface area contributed by atoms with Crippen molar-refractivity contribution in [3.05, 3.63) is 0 Å². The van der Waals surface area contributed by atoms with E-state index in [1.165, 1.54) is 6.42 Å². The fourth-order valence-corrected chi connectivity index (χ4v) is 1.40. The van der Waals surface area contributed by atoms with Crippen LogP contribution in [-0.4, -0.2) is 17.8 Å². The molecule has 0 aromatic heterocycles. The number of nitrogens with two attached hydrogens (primary N) is 1. The zero-order chi connectivity index (χ0) is 10.5. The highest BCUT2D eigenvalue weighted by atomic mass is 16.3. The zero-order valence-electron chi connectivity index (χ0n) is 9.51. The summed E-state index contributed by atoms with van der Waals surface area (Å²) in [7, 11) is 0. The average Bonchev–Trinajstić information content (AvgIpc) is 2.03. The summed E-state index contributed by atoms with van der Waals surface area (Å²) >= 11 is 0. The Kier molecular flexibility index (Phi) is 5.57. The van der Waals surface area contributed by atoms with E-state index in [2.05, 4.69) is 20.8 Å². The Labute approximate surface area is 82.5 Å². The first-order valence-corrected chi connectivity index (χ1v) is 5.30. The van der Waals surface area contributed by atoms with Crippen LogP contribution in [0, 0.1) is 11.3 Å². The van der Waals surface area contributed by atoms with Crippen molar-refractivity contribution in [1.82, 2.24) is 0 Å². The maximum absolute atomic E-state index is 9.56. The quantitative estimate of drug-likeness (QED) is 0.669. The van der Waals surface area contributed by atoms with Gasteiger partial charge in [-0.2, -0.15) is 0 Å². The van der Waals surface area contributed by atoms with Gasteiger partial charge in [0.15, 0.2) is 0 Å². The minimum Gasteiger partial charge on any atom is -0.393 e. The molecule has 80 valence electrons. The molecule has 2 unspecified atom stereocenters. The summed E-state index contributed by atoms with van der Waals surface area (Å²) < 4.78 is 0. The molecule has 0 fully saturated rings. The van der Waals surface area contributed by atoms with Crippen LogP contribution in [0.4, 0.5) is 0 Å². The molecule has 0 saturated carbocycles. The van der Waals surface area contributed by atoms with Gasteiger partial charge in [0, 0.05) is 12.0 Å². The first-order valence-electron chi connectivity index (χ1n) is 5.30. The van der Waals surface area contributed by atoms with E-state index in [0.29, 0.717) is 6.54 Å². The summed E-state index contributed by atoms with van der Waals surface area (Å²) in [5.74, 6) is 0.746. The second kappa shape index (κ2) is 5.61. The Morgan fingerprint density at radius 3 is 2.15 bits per heavy atom. The molecule has 0 heterocycles. The third kappa shape index (κ3) is 4.63. The minimum atomic E-state index is -0.301. The van der Waals surface area contributed by atoms with Crippen molar-refractivity contribution in [3.63, 3.8) is 0 Å². The number of aliphatic hydroxyl groups excluding tert-OH is 1. The van der Waals surface area contributed by atoms with Gasteiger partial charge in [0.1, 0.15) is 0 Å². The van der Waals surface area contributed by atoms with Crippen LogP contribution in [0.5, 0.6) is 0 Å². The van der Waals surface area contributed by atoms with Crippen LogP contribution in [0.3, 0.4) is 0 Å². The van der Waals surface area contributed by atoms with Crippen LogP contribution >= 0.6 is 0 Å². The minimum absolute atomic E-state index is 0.0884. The predicted octanol–water partition coefficient (Wildman–Crippen LogP) is 2.16. The Hall–Kier alpha value is -0.0800. The molecule has 0 aromatic carbocycles. The van der Waals surface area contributed by atoms with Crippen molar-refractivity contribution < 1.29 is 5.11 Å². The Bertz CT molecular complexity index is 134. The predicted molar refractivity (Wildman–Crippen MR) is 57.5 cm³/mol. The fourth-order valence-electron chi connectivity index (χ4n) is 1.40. The Balaban J connectivity index is 3.84. The van der Waals surface area contributed by atoms with Crippen molar-refractivity contribution in [1.29, 1.82) is 0 Å². The van der Waals surface area contributed by atoms with Crippen LogP contribution in [-0.2, 0) is 0 Å². The third-order valence-electron chi connectivity index (χ3n) is 3.00. The molecule has 0 spiro atoms. The molecule has 2 heteroatoms. The standard InChI is InChI=1S/C11H25NO/c1-9(2)6-5-7-11(4,8-12)10(3)13/h9-10,13H,5-8,12H2,1-4H3. The SMILES string of the molecule is CC(C)CCCC(C)(CN)C(C)O. The van der Waals surface area contributed by atoms with E-state index < -0.39 is 0 Å². The summed E-state index contributed by atoms with van der Waals surface area (Å²) in [5, 5.41) is 9.56. The van der Waals surface area contributed by atoms with Crippen LogP contribution in [0.2, 0.25) is 0 Å². The van der Waals surface area contributed by atoms with Crippen molar-refractivity contribution in [2.75, 3.05) is 6.54 Å². The summed E-state index contributed by atoms with van der Waals surface area (Å²) in [6, 6.07) is 0. The molecule has 0 aliphatic rings. The van der Waals surface area contributed by atoms with E-state index >= 15 is 0 Å². The molecule has 13 heavy (non-hydrogen) atoms. The van der Waals surface area contributed by atoms with Gasteiger partial charge in [-0.05, 0) is 19.3 Å². The highest BCUT2D eigenvalue weighted by Crippen LogP contribution is 2.27. The summed E-state index contributed by atoms with van der Waals surface area (Å²) in [6.07, 6.45) is 3.11. The van der Waals surface area contributed by atoms with Crippen LogP contribution in [0.25, 0.3) is 0 Å². The van der Waals surface area contributed by atoms with Gasteiger partial charge < -0.3 is 10.8 Å². The Morgan fingerprint density at radius 1 is 1.31 bits per heavy atom. The summed E-state index contributed by atoms with van der Waals surface area (Å²) in [5.41, 5.74) is 5.58. The second-order valence-electron chi connectivity index (χ2n) is 4.82. The molecule has 0 bridgehead atoms. The van der Waals surface area contributed by atoms with Crippen molar-refractivity contribution in [2.24, 2.45) is 17.1 Å². The Morgan fingerprint density at radius 2 is 1.85 bits per heavy atom. The van der Waals surface area contributed by atoms with E-state index in [0.717, 1.165) is 18.8 Å². The number of aliphatic hydroxyl groups is 1. The second-order valence-corrected chi connectivity index (χ2v) is 4.82. The van der Waals surface area contributed by atoms with Crippen LogP contribution in [0.15, 0.2) is 0 Å². The first-order chi connectivity index (χ1) is 5.92. The van der Waals surface area contributed by atoms with E-state index in [9.17, 15) is 5.11 Å². The maximum atomic E-state index is 9.56. The van der Waals surface area contributed by atoms with Gasteiger partial charge >= 0.3 is 0 Å². The maximum Gasteiger partial charge on any atom is 0.0577 e. The normalized spacial score (nSPS) is 18.7. The van der Waals surface area contributed by atoms with E-state index in [4.69, 9.17) is 5.73 Å². The van der Waals surface area contributed by atoms with Gasteiger partial charge in [-0.15, -0.1) is 0 Å². The lowest BCUT2D eigenvalue weighted by Crippen LogP contribution is -2.37.